The van der Waals surface area contributed by atoms with Crippen LogP contribution in [0.4, 0.5) is 11.4 Å². The van der Waals surface area contributed by atoms with Gasteiger partial charge >= 0.3 is 0 Å². The molecule has 0 spiro atoms. The van der Waals surface area contributed by atoms with Crippen LogP contribution >= 0.6 is 10.7 Å². The normalized spacial score (nSPS) is 27.5. The van der Waals surface area contributed by atoms with Gasteiger partial charge in [-0.05, 0) is 97.8 Å². The molecule has 2 heterocycles. The molecular formula is C42H69ClN4O4S2. The number of nitrogens with two attached hydrogens (primary N) is 1. The number of halogens is 1. The molecule has 2 aromatic rings. The maximum atomic E-state index is 11.6. The van der Waals surface area contributed by atoms with Crippen LogP contribution in [0.5, 0.6) is 0 Å². The summed E-state index contributed by atoms with van der Waals surface area (Å²) in [5.74, 6) is 3.23. The molecule has 2 saturated heterocycles. The first-order valence-electron chi connectivity index (χ1n) is 20.4. The molecule has 53 heavy (non-hydrogen) atoms. The number of piperidine rings is 2. The Labute approximate surface area is 327 Å². The molecule has 4 unspecified atom stereocenters. The molecular weight excluding hydrogens is 724 g/mol. The summed E-state index contributed by atoms with van der Waals surface area (Å²) in [6.45, 7) is 16.7. The lowest BCUT2D eigenvalue weighted by atomic mass is 9.85. The number of rotatable bonds is 18. The molecule has 8 nitrogen and oxygen atoms in total. The fourth-order valence-corrected chi connectivity index (χ4v) is 10.7. The molecule has 0 amide bonds. The van der Waals surface area contributed by atoms with Crippen molar-refractivity contribution in [2.24, 2.45) is 23.7 Å². The highest BCUT2D eigenvalue weighted by molar-refractivity contribution is 8.13. The molecule has 300 valence electrons. The first-order valence-corrected chi connectivity index (χ1v) is 25.0. The Morgan fingerprint density at radius 2 is 1.08 bits per heavy atom. The molecule has 0 radical (unpaired) electrons. The van der Waals surface area contributed by atoms with Crippen LogP contribution in [-0.2, 0) is 29.9 Å². The molecule has 2 saturated carbocycles. The van der Waals surface area contributed by atoms with E-state index in [9.17, 15) is 16.8 Å². The fourth-order valence-electron chi connectivity index (χ4n) is 10.1. The predicted molar refractivity (Wildman–Crippen MR) is 225 cm³/mol. The number of anilines is 2. The van der Waals surface area contributed by atoms with Gasteiger partial charge in [-0.15, -0.1) is 0 Å². The summed E-state index contributed by atoms with van der Waals surface area (Å²) in [6.07, 6.45) is 17.9. The number of fused-ring (bicyclic) bond motifs is 2. The molecule has 0 aromatic heterocycles. The molecule has 2 aliphatic heterocycles. The van der Waals surface area contributed by atoms with E-state index in [-0.39, 0.29) is 5.41 Å². The van der Waals surface area contributed by atoms with Crippen molar-refractivity contribution >= 4 is 41.1 Å². The number of unbranched alkanes of at least 4 members (excludes halogenated alkanes) is 6. The average molecular weight is 794 g/mol. The summed E-state index contributed by atoms with van der Waals surface area (Å²) in [5.41, 5.74) is 11.2. The van der Waals surface area contributed by atoms with Crippen molar-refractivity contribution in [3.63, 3.8) is 0 Å². The molecule has 11 heteroatoms. The van der Waals surface area contributed by atoms with E-state index in [2.05, 4.69) is 83.2 Å². The number of benzene rings is 2. The van der Waals surface area contributed by atoms with Crippen LogP contribution in [0.2, 0.25) is 0 Å². The minimum absolute atomic E-state index is 0.268. The zero-order valence-electron chi connectivity index (χ0n) is 33.5. The Balaban J connectivity index is 0.000000212. The Kier molecular flexibility index (Phi) is 16.0. The summed E-state index contributed by atoms with van der Waals surface area (Å²) in [4.78, 5) is 5.36. The summed E-state index contributed by atoms with van der Waals surface area (Å²) in [5, 5.41) is 0. The van der Waals surface area contributed by atoms with Crippen LogP contribution in [-0.4, -0.2) is 78.4 Å². The Morgan fingerprint density at radius 1 is 0.660 bits per heavy atom. The maximum absolute atomic E-state index is 11.6. The topological polar surface area (TPSA) is 113 Å². The lowest BCUT2D eigenvalue weighted by Crippen LogP contribution is -2.31. The summed E-state index contributed by atoms with van der Waals surface area (Å²) < 4.78 is 44.6. The number of sulfonamides is 1. The number of nitrogen functional groups attached to an aromatic ring is 1. The Morgan fingerprint density at radius 3 is 1.45 bits per heavy atom. The number of hydrogen-bond acceptors (Lipinski definition) is 7. The Hall–Kier alpha value is -1.85. The molecule has 4 aliphatic rings. The van der Waals surface area contributed by atoms with E-state index >= 15 is 0 Å². The van der Waals surface area contributed by atoms with Crippen LogP contribution in [0.15, 0.2) is 48.5 Å². The lowest BCUT2D eigenvalue weighted by molar-refractivity contribution is 0.261. The van der Waals surface area contributed by atoms with E-state index in [1.54, 1.807) is 0 Å². The van der Waals surface area contributed by atoms with Crippen molar-refractivity contribution in [2.45, 2.75) is 116 Å². The third-order valence-corrected chi connectivity index (χ3v) is 12.9. The van der Waals surface area contributed by atoms with Crippen LogP contribution in [0.25, 0.3) is 0 Å². The average Bonchev–Trinajstić information content (AvgIpc) is 3.61. The van der Waals surface area contributed by atoms with E-state index in [1.165, 1.54) is 134 Å². The highest BCUT2D eigenvalue weighted by Gasteiger charge is 2.68. The van der Waals surface area contributed by atoms with E-state index < -0.39 is 19.1 Å². The zero-order chi connectivity index (χ0) is 38.9. The second-order valence-electron chi connectivity index (χ2n) is 16.4. The smallest absolute Gasteiger partial charge is 0.229 e. The summed E-state index contributed by atoms with van der Waals surface area (Å²) in [7, 11) is -1.92. The summed E-state index contributed by atoms with van der Waals surface area (Å²) >= 11 is 0. The molecule has 6 rings (SSSR count). The van der Waals surface area contributed by atoms with Gasteiger partial charge in [0, 0.05) is 59.1 Å². The van der Waals surface area contributed by atoms with E-state index in [1.807, 2.05) is 18.2 Å². The highest BCUT2D eigenvalue weighted by Crippen LogP contribution is 2.67. The molecule has 0 bridgehead atoms. The third-order valence-electron chi connectivity index (χ3n) is 12.3. The molecule has 4 atom stereocenters. The van der Waals surface area contributed by atoms with Gasteiger partial charge in [0.2, 0.25) is 19.1 Å². The first kappa shape index (κ1) is 43.9. The van der Waals surface area contributed by atoms with Gasteiger partial charge in [-0.2, -0.15) is 0 Å². The van der Waals surface area contributed by atoms with Crippen molar-refractivity contribution < 1.29 is 16.8 Å². The highest BCUT2D eigenvalue weighted by atomic mass is 35.7. The molecule has 2 aliphatic carbocycles. The van der Waals surface area contributed by atoms with Crippen molar-refractivity contribution in [3.8, 4) is 0 Å². The number of nitrogens with one attached hydrogen (secondary N) is 1. The minimum Gasteiger partial charge on any atom is -0.399 e. The van der Waals surface area contributed by atoms with Gasteiger partial charge < -0.3 is 15.5 Å². The number of nitrogens with zero attached hydrogens (tertiary/aromatic N) is 2. The fraction of sp³-hybridized carbons (Fsp3) is 0.714. The van der Waals surface area contributed by atoms with E-state index in [0.717, 1.165) is 35.6 Å². The van der Waals surface area contributed by atoms with Gasteiger partial charge in [0.15, 0.2) is 0 Å². The zero-order valence-corrected chi connectivity index (χ0v) is 35.8. The lowest BCUT2D eigenvalue weighted by Gasteiger charge is -2.27. The molecule has 4 fully saturated rings. The standard InChI is InChI=1S/C21H34N2O2S.C20H32N2.CH3ClO2S/c1-4-6-7-8-13-23-15-19-20(16-23)21(19,12-5-2)17-10-9-11-18(14-17)22-26(3,24)25;1-3-5-6-7-12-22-14-18-19(15-22)20(18,11-4-2)16-9-8-10-17(21)13-16;1-5(2,3)4/h9-11,14,19-20,22H,4-8,12-13,15-16H2,1-3H3;8-10,13,18-19H,3-7,11-12,14-15,21H2,1-2H3;1H3. The molecule has 3 N–H and O–H groups in total. The van der Waals surface area contributed by atoms with Crippen LogP contribution in [0.1, 0.15) is 116 Å². The van der Waals surface area contributed by atoms with Crippen LogP contribution in [0, 0.1) is 23.7 Å². The minimum atomic E-state index is -3.23. The van der Waals surface area contributed by atoms with Gasteiger partial charge in [0.05, 0.1) is 12.5 Å². The van der Waals surface area contributed by atoms with E-state index in [0.29, 0.717) is 11.1 Å². The molecule has 2 aromatic carbocycles. The maximum Gasteiger partial charge on any atom is 0.229 e. The van der Waals surface area contributed by atoms with Crippen LogP contribution in [0.3, 0.4) is 0 Å². The second kappa shape index (κ2) is 19.3. The summed E-state index contributed by atoms with van der Waals surface area (Å²) in [6, 6.07) is 16.8. The van der Waals surface area contributed by atoms with Gasteiger partial charge in [-0.1, -0.05) is 103 Å². The van der Waals surface area contributed by atoms with Crippen molar-refractivity contribution in [2.75, 3.05) is 62.2 Å². The second-order valence-corrected chi connectivity index (χ2v) is 21.2. The predicted octanol–water partition coefficient (Wildman–Crippen LogP) is 8.87. The number of hydrogen-bond donors (Lipinski definition) is 2. The largest absolute Gasteiger partial charge is 0.399 e. The van der Waals surface area contributed by atoms with Crippen molar-refractivity contribution in [3.05, 3.63) is 59.7 Å². The van der Waals surface area contributed by atoms with Crippen LogP contribution < -0.4 is 10.5 Å². The van der Waals surface area contributed by atoms with Crippen molar-refractivity contribution in [1.82, 2.24) is 9.80 Å². The van der Waals surface area contributed by atoms with Gasteiger partial charge in [-0.25, -0.2) is 16.8 Å². The van der Waals surface area contributed by atoms with Gasteiger partial charge in [0.25, 0.3) is 0 Å². The SMILES string of the molecule is CCCCCCN1CC2C(C1)C2(CCC)c1cccc(N)c1.CCCCCCN1CC2C(C1)C2(CCC)c1cccc(NS(C)(=O)=O)c1.CS(=O)(=O)Cl. The number of likely N-dealkylation sites (tertiary alicyclic amines) is 2. The van der Waals surface area contributed by atoms with Crippen molar-refractivity contribution in [1.29, 1.82) is 0 Å². The Bertz CT molecular complexity index is 1640. The monoisotopic (exact) mass is 792 g/mol. The van der Waals surface area contributed by atoms with Gasteiger partial charge in [-0.3, -0.25) is 4.72 Å². The first-order chi connectivity index (χ1) is 25.1. The third kappa shape index (κ3) is 11.8. The quantitative estimate of drug-likeness (QED) is 0.0881. The van der Waals surface area contributed by atoms with E-state index in [4.69, 9.17) is 5.73 Å². The van der Waals surface area contributed by atoms with Gasteiger partial charge in [0.1, 0.15) is 0 Å².